The molecule has 2 heterocycles. The van der Waals surface area contributed by atoms with Crippen LogP contribution in [0.1, 0.15) is 31.4 Å². The number of nitrogens with zero attached hydrogens (tertiary/aromatic N) is 2. The van der Waals surface area contributed by atoms with Gasteiger partial charge < -0.3 is 5.73 Å². The molecule has 100 valence electrons. The number of hydrogen-bond acceptors (Lipinski definition) is 4. The number of nitrogens with two attached hydrogens (primary N) is 1. The molecule has 1 fully saturated rings. The van der Waals surface area contributed by atoms with Crippen molar-refractivity contribution in [2.45, 2.75) is 37.9 Å². The lowest BCUT2D eigenvalue weighted by molar-refractivity contribution is 0.161. The van der Waals surface area contributed by atoms with Crippen LogP contribution in [0.15, 0.2) is 24.5 Å². The van der Waals surface area contributed by atoms with Gasteiger partial charge in [-0.3, -0.25) is 9.88 Å². The predicted molar refractivity (Wildman–Crippen MR) is 78.7 cm³/mol. The van der Waals surface area contributed by atoms with Gasteiger partial charge in [0.25, 0.3) is 0 Å². The van der Waals surface area contributed by atoms with E-state index >= 15 is 0 Å². The number of rotatable bonds is 5. The van der Waals surface area contributed by atoms with Crippen molar-refractivity contribution in [2.75, 3.05) is 18.6 Å². The molecule has 1 aromatic heterocycles. The van der Waals surface area contributed by atoms with Crippen molar-refractivity contribution in [1.29, 1.82) is 0 Å². The lowest BCUT2D eigenvalue weighted by atomic mass is 9.96. The molecule has 1 aromatic rings. The first-order valence-electron chi connectivity index (χ1n) is 6.69. The first-order valence-corrected chi connectivity index (χ1v) is 7.84. The summed E-state index contributed by atoms with van der Waals surface area (Å²) in [7, 11) is 2.22. The van der Waals surface area contributed by atoms with Crippen molar-refractivity contribution in [1.82, 2.24) is 9.88 Å². The summed E-state index contributed by atoms with van der Waals surface area (Å²) in [6.45, 7) is 2.16. The van der Waals surface area contributed by atoms with Gasteiger partial charge >= 0.3 is 0 Å². The van der Waals surface area contributed by atoms with Gasteiger partial charge in [-0.05, 0) is 43.3 Å². The molecule has 2 rings (SSSR count). The third-order valence-corrected chi connectivity index (χ3v) is 4.99. The summed E-state index contributed by atoms with van der Waals surface area (Å²) >= 11 is 2.05. The summed E-state index contributed by atoms with van der Waals surface area (Å²) in [5.74, 6) is 2.51. The Balaban J connectivity index is 2.19. The van der Waals surface area contributed by atoms with Crippen molar-refractivity contribution in [3.63, 3.8) is 0 Å². The number of thioether (sulfide) groups is 1. The highest BCUT2D eigenvalue weighted by Crippen LogP contribution is 2.30. The largest absolute Gasteiger partial charge is 0.326 e. The molecule has 3 nitrogen and oxygen atoms in total. The van der Waals surface area contributed by atoms with Crippen LogP contribution in [0.3, 0.4) is 0 Å². The number of likely N-dealkylation sites (N-methyl/N-ethyl adjacent to an activating group) is 1. The smallest absolute Gasteiger partial charge is 0.0500 e. The molecule has 1 saturated heterocycles. The van der Waals surface area contributed by atoms with Crippen LogP contribution in [0, 0.1) is 0 Å². The summed E-state index contributed by atoms with van der Waals surface area (Å²) < 4.78 is 0. The fourth-order valence-corrected chi connectivity index (χ4v) is 3.92. The maximum atomic E-state index is 6.35. The minimum absolute atomic E-state index is 0.183. The summed E-state index contributed by atoms with van der Waals surface area (Å²) in [5, 5.41) is 0. The Morgan fingerprint density at radius 1 is 1.50 bits per heavy atom. The molecule has 3 unspecified atom stereocenters. The monoisotopic (exact) mass is 265 g/mol. The van der Waals surface area contributed by atoms with Crippen LogP contribution in [-0.2, 0) is 0 Å². The lowest BCUT2D eigenvalue weighted by Gasteiger charge is -2.36. The van der Waals surface area contributed by atoms with Crippen molar-refractivity contribution >= 4 is 11.8 Å². The SMILES string of the molecule is CCC(N)C(c1ccncc1)N(C)C1CCSC1. The molecule has 0 saturated carbocycles. The van der Waals surface area contributed by atoms with Gasteiger partial charge in [-0.15, -0.1) is 0 Å². The molecule has 1 aliphatic heterocycles. The van der Waals surface area contributed by atoms with E-state index in [2.05, 4.69) is 36.0 Å². The zero-order chi connectivity index (χ0) is 13.0. The maximum absolute atomic E-state index is 6.35. The van der Waals surface area contributed by atoms with E-state index in [9.17, 15) is 0 Å². The Morgan fingerprint density at radius 2 is 2.22 bits per heavy atom. The fourth-order valence-electron chi connectivity index (χ4n) is 2.64. The van der Waals surface area contributed by atoms with E-state index < -0.39 is 0 Å². The van der Waals surface area contributed by atoms with Gasteiger partial charge in [-0.2, -0.15) is 11.8 Å². The topological polar surface area (TPSA) is 42.1 Å². The first-order chi connectivity index (χ1) is 8.74. The van der Waals surface area contributed by atoms with Gasteiger partial charge in [0.2, 0.25) is 0 Å². The highest BCUT2D eigenvalue weighted by atomic mass is 32.2. The van der Waals surface area contributed by atoms with E-state index in [0.29, 0.717) is 12.1 Å². The molecular weight excluding hydrogens is 242 g/mol. The van der Waals surface area contributed by atoms with E-state index in [4.69, 9.17) is 5.73 Å². The molecule has 0 spiro atoms. The van der Waals surface area contributed by atoms with Crippen LogP contribution in [0.2, 0.25) is 0 Å². The second-order valence-corrected chi connectivity index (χ2v) is 6.13. The molecule has 4 heteroatoms. The van der Waals surface area contributed by atoms with Gasteiger partial charge in [-0.1, -0.05) is 6.92 Å². The summed E-state index contributed by atoms with van der Waals surface area (Å²) in [6.07, 6.45) is 6.00. The number of pyridine rings is 1. The third kappa shape index (κ3) is 3.05. The van der Waals surface area contributed by atoms with Gasteiger partial charge in [0.05, 0.1) is 0 Å². The highest BCUT2D eigenvalue weighted by Gasteiger charge is 2.30. The molecule has 0 bridgehead atoms. The summed E-state index contributed by atoms with van der Waals surface area (Å²) in [6, 6.07) is 5.34. The molecule has 1 aliphatic rings. The van der Waals surface area contributed by atoms with E-state index in [1.807, 2.05) is 24.2 Å². The first kappa shape index (κ1) is 13.8. The minimum atomic E-state index is 0.183. The van der Waals surface area contributed by atoms with Crippen LogP contribution >= 0.6 is 11.8 Å². The molecule has 18 heavy (non-hydrogen) atoms. The molecule has 0 amide bonds. The molecule has 3 atom stereocenters. The van der Waals surface area contributed by atoms with E-state index in [-0.39, 0.29) is 6.04 Å². The van der Waals surface area contributed by atoms with E-state index in [1.165, 1.54) is 23.5 Å². The minimum Gasteiger partial charge on any atom is -0.326 e. The number of hydrogen-bond donors (Lipinski definition) is 1. The summed E-state index contributed by atoms with van der Waals surface area (Å²) in [4.78, 5) is 6.58. The number of aromatic nitrogens is 1. The Morgan fingerprint density at radius 3 is 2.78 bits per heavy atom. The van der Waals surface area contributed by atoms with Gasteiger partial charge in [-0.25, -0.2) is 0 Å². The normalized spacial score (nSPS) is 23.2. The average Bonchev–Trinajstić information content (AvgIpc) is 2.94. The third-order valence-electron chi connectivity index (χ3n) is 3.84. The van der Waals surface area contributed by atoms with Crippen LogP contribution < -0.4 is 5.73 Å². The van der Waals surface area contributed by atoms with E-state index in [1.54, 1.807) is 0 Å². The van der Waals surface area contributed by atoms with Gasteiger partial charge in [0.15, 0.2) is 0 Å². The second kappa shape index (κ2) is 6.55. The molecule has 0 radical (unpaired) electrons. The molecule has 0 aromatic carbocycles. The van der Waals surface area contributed by atoms with Crippen molar-refractivity contribution in [3.05, 3.63) is 30.1 Å². The highest BCUT2D eigenvalue weighted by molar-refractivity contribution is 7.99. The Bertz CT molecular complexity index is 351. The Hall–Kier alpha value is -0.580. The van der Waals surface area contributed by atoms with E-state index in [0.717, 1.165) is 6.42 Å². The average molecular weight is 265 g/mol. The van der Waals surface area contributed by atoms with Gasteiger partial charge in [0, 0.05) is 36.3 Å². The maximum Gasteiger partial charge on any atom is 0.0500 e. The molecular formula is C14H23N3S. The Labute approximate surface area is 114 Å². The predicted octanol–water partition coefficient (Wildman–Crippen LogP) is 2.30. The fraction of sp³-hybridized carbons (Fsp3) is 0.643. The standard InChI is InChI=1S/C14H23N3S/c1-3-13(15)14(11-4-7-16-8-5-11)17(2)12-6-9-18-10-12/h4-5,7-8,12-14H,3,6,9-10,15H2,1-2H3. The van der Waals surface area contributed by atoms with Crippen molar-refractivity contribution in [3.8, 4) is 0 Å². The second-order valence-electron chi connectivity index (χ2n) is 4.98. The Kier molecular flexibility index (Phi) is 5.03. The lowest BCUT2D eigenvalue weighted by Crippen LogP contribution is -2.44. The van der Waals surface area contributed by atoms with Gasteiger partial charge in [0.1, 0.15) is 0 Å². The van der Waals surface area contributed by atoms with Crippen LogP contribution in [-0.4, -0.2) is 40.5 Å². The van der Waals surface area contributed by atoms with Crippen LogP contribution in [0.4, 0.5) is 0 Å². The molecule has 2 N–H and O–H groups in total. The van der Waals surface area contributed by atoms with Crippen molar-refractivity contribution in [2.24, 2.45) is 5.73 Å². The van der Waals surface area contributed by atoms with Crippen LogP contribution in [0.5, 0.6) is 0 Å². The van der Waals surface area contributed by atoms with Crippen LogP contribution in [0.25, 0.3) is 0 Å². The zero-order valence-electron chi connectivity index (χ0n) is 11.2. The van der Waals surface area contributed by atoms with Crippen molar-refractivity contribution < 1.29 is 0 Å². The quantitative estimate of drug-likeness (QED) is 0.887. The summed E-state index contributed by atoms with van der Waals surface area (Å²) in [5.41, 5.74) is 7.64. The molecule has 0 aliphatic carbocycles. The zero-order valence-corrected chi connectivity index (χ0v) is 12.1.